The molecule has 0 bridgehead atoms. The highest BCUT2D eigenvalue weighted by Crippen LogP contribution is 2.24. The minimum atomic E-state index is 0.0287. The van der Waals surface area contributed by atoms with Gasteiger partial charge < -0.3 is 25.4 Å². The van der Waals surface area contributed by atoms with Crippen molar-refractivity contribution in [3.05, 3.63) is 53.6 Å². The van der Waals surface area contributed by atoms with Gasteiger partial charge in [-0.25, -0.2) is 0 Å². The standard InChI is InChI=1S/C23H32N4O3/c1-16(2)11-22(28)27-19-8-6-7-17(12-19)14-25-23(24-3)26-15-18-9-10-20(29-4)13-21(18)30-5/h6-10,12-13,16H,11,14-15H2,1-5H3,(H,27,28)(H2,24,25,26). The number of anilines is 1. The van der Waals surface area contributed by atoms with Gasteiger partial charge in [0.25, 0.3) is 0 Å². The molecule has 0 aliphatic rings. The van der Waals surface area contributed by atoms with E-state index in [4.69, 9.17) is 9.47 Å². The number of aliphatic imine (C=N–C) groups is 1. The van der Waals surface area contributed by atoms with Crippen LogP contribution >= 0.6 is 0 Å². The van der Waals surface area contributed by atoms with Gasteiger partial charge in [0.2, 0.25) is 5.91 Å². The summed E-state index contributed by atoms with van der Waals surface area (Å²) >= 11 is 0. The molecule has 0 atom stereocenters. The summed E-state index contributed by atoms with van der Waals surface area (Å²) in [5.41, 5.74) is 2.84. The third-order valence-corrected chi connectivity index (χ3v) is 4.43. The Morgan fingerprint density at radius 3 is 2.47 bits per heavy atom. The van der Waals surface area contributed by atoms with E-state index < -0.39 is 0 Å². The predicted octanol–water partition coefficient (Wildman–Crippen LogP) is 3.55. The third-order valence-electron chi connectivity index (χ3n) is 4.43. The van der Waals surface area contributed by atoms with Gasteiger partial charge in [0, 0.05) is 43.9 Å². The first-order valence-electron chi connectivity index (χ1n) is 9.99. The molecule has 0 aromatic heterocycles. The highest BCUT2D eigenvalue weighted by Gasteiger charge is 2.08. The van der Waals surface area contributed by atoms with Crippen LogP contribution in [0.4, 0.5) is 5.69 Å². The highest BCUT2D eigenvalue weighted by molar-refractivity contribution is 5.90. The zero-order chi connectivity index (χ0) is 21.9. The van der Waals surface area contributed by atoms with E-state index in [1.165, 1.54) is 0 Å². The maximum absolute atomic E-state index is 12.0. The molecule has 0 unspecified atom stereocenters. The first kappa shape index (κ1) is 23.1. The maximum atomic E-state index is 12.0. The Balaban J connectivity index is 1.92. The van der Waals surface area contributed by atoms with E-state index in [2.05, 4.69) is 20.9 Å². The molecule has 162 valence electrons. The lowest BCUT2D eigenvalue weighted by atomic mass is 10.1. The Labute approximate surface area is 178 Å². The fourth-order valence-corrected chi connectivity index (χ4v) is 2.93. The van der Waals surface area contributed by atoms with Gasteiger partial charge in [-0.05, 0) is 35.7 Å². The van der Waals surface area contributed by atoms with Crippen LogP contribution in [0.3, 0.4) is 0 Å². The number of benzene rings is 2. The van der Waals surface area contributed by atoms with E-state index in [0.29, 0.717) is 31.4 Å². The van der Waals surface area contributed by atoms with Gasteiger partial charge in [0.1, 0.15) is 11.5 Å². The number of nitrogens with one attached hydrogen (secondary N) is 3. The molecule has 0 saturated carbocycles. The number of hydrogen-bond acceptors (Lipinski definition) is 4. The van der Waals surface area contributed by atoms with Gasteiger partial charge in [-0.3, -0.25) is 9.79 Å². The predicted molar refractivity (Wildman–Crippen MR) is 121 cm³/mol. The topological polar surface area (TPSA) is 84.0 Å². The summed E-state index contributed by atoms with van der Waals surface area (Å²) in [6.07, 6.45) is 0.508. The molecule has 1 amide bonds. The molecule has 0 radical (unpaired) electrons. The summed E-state index contributed by atoms with van der Waals surface area (Å²) in [4.78, 5) is 16.3. The van der Waals surface area contributed by atoms with Crippen molar-refractivity contribution in [2.45, 2.75) is 33.4 Å². The van der Waals surface area contributed by atoms with Gasteiger partial charge in [-0.2, -0.15) is 0 Å². The zero-order valence-corrected chi connectivity index (χ0v) is 18.4. The molecule has 3 N–H and O–H groups in total. The van der Waals surface area contributed by atoms with Crippen molar-refractivity contribution in [1.82, 2.24) is 10.6 Å². The van der Waals surface area contributed by atoms with Crippen molar-refractivity contribution in [2.24, 2.45) is 10.9 Å². The van der Waals surface area contributed by atoms with Crippen molar-refractivity contribution in [3.63, 3.8) is 0 Å². The quantitative estimate of drug-likeness (QED) is 0.433. The van der Waals surface area contributed by atoms with Crippen LogP contribution in [-0.2, 0) is 17.9 Å². The van der Waals surface area contributed by atoms with Gasteiger partial charge in [0.15, 0.2) is 5.96 Å². The second kappa shape index (κ2) is 11.7. The van der Waals surface area contributed by atoms with Gasteiger partial charge >= 0.3 is 0 Å². The van der Waals surface area contributed by atoms with Crippen molar-refractivity contribution in [1.29, 1.82) is 0 Å². The van der Waals surface area contributed by atoms with Crippen molar-refractivity contribution in [2.75, 3.05) is 26.6 Å². The number of carbonyl (C=O) groups is 1. The number of amides is 1. The van der Waals surface area contributed by atoms with E-state index in [1.54, 1.807) is 21.3 Å². The van der Waals surface area contributed by atoms with Crippen molar-refractivity contribution in [3.8, 4) is 11.5 Å². The largest absolute Gasteiger partial charge is 0.497 e. The van der Waals surface area contributed by atoms with Crippen molar-refractivity contribution < 1.29 is 14.3 Å². The minimum Gasteiger partial charge on any atom is -0.497 e. The lowest BCUT2D eigenvalue weighted by molar-refractivity contribution is -0.116. The van der Waals surface area contributed by atoms with Crippen LogP contribution < -0.4 is 25.4 Å². The second-order valence-corrected chi connectivity index (χ2v) is 7.30. The molecule has 0 aliphatic heterocycles. The SMILES string of the molecule is CN=C(NCc1cccc(NC(=O)CC(C)C)c1)NCc1ccc(OC)cc1OC. The zero-order valence-electron chi connectivity index (χ0n) is 18.4. The van der Waals surface area contributed by atoms with E-state index >= 15 is 0 Å². The Morgan fingerprint density at radius 2 is 1.80 bits per heavy atom. The van der Waals surface area contributed by atoms with Crippen LogP contribution in [0.1, 0.15) is 31.4 Å². The summed E-state index contributed by atoms with van der Waals surface area (Å²) in [5, 5.41) is 9.52. The molecule has 0 fully saturated rings. The number of carbonyl (C=O) groups excluding carboxylic acids is 1. The lowest BCUT2D eigenvalue weighted by Gasteiger charge is -2.15. The average Bonchev–Trinajstić information content (AvgIpc) is 2.73. The molecule has 0 heterocycles. The molecule has 0 spiro atoms. The van der Waals surface area contributed by atoms with Crippen LogP contribution in [0, 0.1) is 5.92 Å². The smallest absolute Gasteiger partial charge is 0.224 e. The molecular weight excluding hydrogens is 380 g/mol. The molecule has 0 aliphatic carbocycles. The van der Waals surface area contributed by atoms with E-state index in [1.807, 2.05) is 56.3 Å². The summed E-state index contributed by atoms with van der Waals surface area (Å²) in [5.74, 6) is 2.53. The van der Waals surface area contributed by atoms with Gasteiger partial charge in [-0.1, -0.05) is 26.0 Å². The molecule has 7 nitrogen and oxygen atoms in total. The normalized spacial score (nSPS) is 11.2. The monoisotopic (exact) mass is 412 g/mol. The fourth-order valence-electron chi connectivity index (χ4n) is 2.93. The maximum Gasteiger partial charge on any atom is 0.224 e. The highest BCUT2D eigenvalue weighted by atomic mass is 16.5. The number of methoxy groups -OCH3 is 2. The van der Waals surface area contributed by atoms with Gasteiger partial charge in [0.05, 0.1) is 14.2 Å². The first-order valence-corrected chi connectivity index (χ1v) is 9.99. The molecule has 2 aromatic carbocycles. The van der Waals surface area contributed by atoms with Crippen molar-refractivity contribution >= 4 is 17.6 Å². The number of guanidine groups is 1. The Morgan fingerprint density at radius 1 is 1.03 bits per heavy atom. The molecule has 0 saturated heterocycles. The lowest BCUT2D eigenvalue weighted by Crippen LogP contribution is -2.36. The summed E-state index contributed by atoms with van der Waals surface area (Å²) < 4.78 is 10.7. The van der Waals surface area contributed by atoms with E-state index in [-0.39, 0.29) is 5.91 Å². The average molecular weight is 413 g/mol. The summed E-state index contributed by atoms with van der Waals surface area (Å²) in [6.45, 7) is 5.19. The molecule has 30 heavy (non-hydrogen) atoms. The second-order valence-electron chi connectivity index (χ2n) is 7.30. The summed E-state index contributed by atoms with van der Waals surface area (Å²) in [6, 6.07) is 13.5. The molecule has 2 rings (SSSR count). The minimum absolute atomic E-state index is 0.0287. The van der Waals surface area contributed by atoms with E-state index in [9.17, 15) is 4.79 Å². The third kappa shape index (κ3) is 7.31. The number of ether oxygens (including phenoxy) is 2. The number of nitrogens with zero attached hydrogens (tertiary/aromatic N) is 1. The Hall–Kier alpha value is -3.22. The first-order chi connectivity index (χ1) is 14.4. The van der Waals surface area contributed by atoms with Crippen LogP contribution in [0.2, 0.25) is 0 Å². The Bertz CT molecular complexity index is 865. The fraction of sp³-hybridized carbons (Fsp3) is 0.391. The molecular formula is C23H32N4O3. The number of hydrogen-bond donors (Lipinski definition) is 3. The van der Waals surface area contributed by atoms with Crippen LogP contribution in [0.25, 0.3) is 0 Å². The summed E-state index contributed by atoms with van der Waals surface area (Å²) in [7, 11) is 4.99. The van der Waals surface area contributed by atoms with Crippen LogP contribution in [0.15, 0.2) is 47.5 Å². The Kier molecular flexibility index (Phi) is 9.00. The van der Waals surface area contributed by atoms with Crippen LogP contribution in [-0.4, -0.2) is 33.1 Å². The van der Waals surface area contributed by atoms with Gasteiger partial charge in [-0.15, -0.1) is 0 Å². The van der Waals surface area contributed by atoms with Crippen LogP contribution in [0.5, 0.6) is 11.5 Å². The molecule has 2 aromatic rings. The number of rotatable bonds is 9. The van der Waals surface area contributed by atoms with E-state index in [0.717, 1.165) is 28.3 Å². The molecule has 7 heteroatoms.